The quantitative estimate of drug-likeness (QED) is 0.495. The topological polar surface area (TPSA) is 0 Å². The van der Waals surface area contributed by atoms with Gasteiger partial charge in [0.1, 0.15) is 0 Å². The van der Waals surface area contributed by atoms with Gasteiger partial charge in [-0.1, -0.05) is 44.9 Å². The van der Waals surface area contributed by atoms with Gasteiger partial charge in [0.25, 0.3) is 0 Å². The van der Waals surface area contributed by atoms with Crippen LogP contribution in [0.3, 0.4) is 0 Å². The maximum atomic E-state index is 3.96. The van der Waals surface area contributed by atoms with Crippen LogP contribution in [0.4, 0.5) is 0 Å². The summed E-state index contributed by atoms with van der Waals surface area (Å²) in [6.45, 7) is 10.3. The second-order valence-electron chi connectivity index (χ2n) is 4.20. The van der Waals surface area contributed by atoms with E-state index in [0.717, 1.165) is 11.8 Å². The van der Waals surface area contributed by atoms with E-state index < -0.39 is 0 Å². The maximum absolute atomic E-state index is 3.96. The molecule has 14 heavy (non-hydrogen) atoms. The predicted octanol–water partition coefficient (Wildman–Crippen LogP) is 4.65. The van der Waals surface area contributed by atoms with Crippen LogP contribution in [0.1, 0.15) is 59.3 Å². The zero-order valence-corrected chi connectivity index (χ0v) is 12.1. The molecule has 0 heterocycles. The molecule has 0 N–H and O–H groups in total. The van der Waals surface area contributed by atoms with Crippen molar-refractivity contribution in [1.82, 2.24) is 0 Å². The molecule has 0 aromatic carbocycles. The standard InChI is InChI=1S/C10H19.C3H7.Au/c1-3-5-10-7-6-9(4-2)8-10;1-3-2;/h9-10H,2-8H2,1H3;3H,1-2H3;/q2*-1;. The second kappa shape index (κ2) is 11.8. The van der Waals surface area contributed by atoms with Crippen LogP contribution in [0.25, 0.3) is 0 Å². The van der Waals surface area contributed by atoms with Crippen molar-refractivity contribution in [3.8, 4) is 0 Å². The Bertz CT molecular complexity index is 101. The molecule has 1 aliphatic carbocycles. The van der Waals surface area contributed by atoms with Crippen molar-refractivity contribution < 1.29 is 22.4 Å². The van der Waals surface area contributed by atoms with Gasteiger partial charge >= 0.3 is 0 Å². The van der Waals surface area contributed by atoms with Crippen molar-refractivity contribution in [2.24, 2.45) is 11.8 Å². The Morgan fingerprint density at radius 3 is 2.07 bits per heavy atom. The van der Waals surface area contributed by atoms with Gasteiger partial charge < -0.3 is 13.3 Å². The molecule has 0 aromatic rings. The first-order valence-corrected chi connectivity index (χ1v) is 5.81. The van der Waals surface area contributed by atoms with E-state index in [1.807, 2.05) is 20.3 Å². The fourth-order valence-electron chi connectivity index (χ4n) is 2.11. The minimum absolute atomic E-state index is 0. The Kier molecular flexibility index (Phi) is 14.5. The molecule has 1 heteroatoms. The Morgan fingerprint density at radius 1 is 1.21 bits per heavy atom. The van der Waals surface area contributed by atoms with Crippen molar-refractivity contribution in [1.29, 1.82) is 0 Å². The fourth-order valence-corrected chi connectivity index (χ4v) is 2.11. The third-order valence-electron chi connectivity index (χ3n) is 2.76. The third kappa shape index (κ3) is 8.08. The van der Waals surface area contributed by atoms with E-state index in [1.54, 1.807) is 0 Å². The van der Waals surface area contributed by atoms with Crippen molar-refractivity contribution in [3.05, 3.63) is 13.3 Å². The summed E-state index contributed by atoms with van der Waals surface area (Å²) in [6.07, 6.45) is 10.4. The van der Waals surface area contributed by atoms with Gasteiger partial charge in [-0.3, -0.25) is 0 Å². The summed E-state index contributed by atoms with van der Waals surface area (Å²) in [5.74, 6) is 2.02. The van der Waals surface area contributed by atoms with E-state index in [0.29, 0.717) is 0 Å². The summed E-state index contributed by atoms with van der Waals surface area (Å²) >= 11 is 0. The molecule has 0 aromatic heterocycles. The minimum Gasteiger partial charge on any atom is -0.343 e. The van der Waals surface area contributed by atoms with Crippen LogP contribution in [0, 0.1) is 25.2 Å². The zero-order valence-electron chi connectivity index (χ0n) is 9.98. The molecule has 2 atom stereocenters. The second-order valence-corrected chi connectivity index (χ2v) is 4.20. The molecule has 1 saturated carbocycles. The Hall–Kier alpha value is 0.740. The molecule has 0 amide bonds. The van der Waals surface area contributed by atoms with Gasteiger partial charge in [0, 0.05) is 22.4 Å². The molecule has 0 nitrogen and oxygen atoms in total. The van der Waals surface area contributed by atoms with Crippen molar-refractivity contribution in [2.75, 3.05) is 0 Å². The van der Waals surface area contributed by atoms with Gasteiger partial charge in [0.2, 0.25) is 0 Å². The molecule has 1 rings (SSSR count). The molecular weight excluding hydrogens is 353 g/mol. The number of rotatable bonds is 3. The van der Waals surface area contributed by atoms with Crippen molar-refractivity contribution >= 4 is 0 Å². The molecular formula is C13H26Au-2. The normalized spacial score (nSPS) is 24.9. The van der Waals surface area contributed by atoms with Gasteiger partial charge in [0.05, 0.1) is 0 Å². The van der Waals surface area contributed by atoms with E-state index >= 15 is 0 Å². The number of hydrogen-bond donors (Lipinski definition) is 0. The summed E-state index contributed by atoms with van der Waals surface area (Å²) in [7, 11) is 0. The molecule has 91 valence electrons. The van der Waals surface area contributed by atoms with Gasteiger partial charge in [-0.05, 0) is 5.92 Å². The van der Waals surface area contributed by atoms with Crippen LogP contribution in [-0.4, -0.2) is 0 Å². The average molecular weight is 379 g/mol. The monoisotopic (exact) mass is 379 g/mol. The summed E-state index contributed by atoms with van der Waals surface area (Å²) in [5, 5.41) is 0. The van der Waals surface area contributed by atoms with Crippen LogP contribution in [0.15, 0.2) is 0 Å². The van der Waals surface area contributed by atoms with Gasteiger partial charge in [0.15, 0.2) is 0 Å². The number of hydrogen-bond acceptors (Lipinski definition) is 0. The van der Waals surface area contributed by atoms with Crippen LogP contribution in [-0.2, 0) is 22.4 Å². The molecule has 1 fully saturated rings. The van der Waals surface area contributed by atoms with Gasteiger partial charge in [-0.2, -0.15) is 20.3 Å². The van der Waals surface area contributed by atoms with E-state index in [-0.39, 0.29) is 22.4 Å². The third-order valence-corrected chi connectivity index (χ3v) is 2.76. The summed E-state index contributed by atoms with van der Waals surface area (Å²) in [6, 6.07) is 0. The van der Waals surface area contributed by atoms with E-state index in [2.05, 4.69) is 13.8 Å². The van der Waals surface area contributed by atoms with Gasteiger partial charge in [-0.25, -0.2) is 0 Å². The first-order valence-electron chi connectivity index (χ1n) is 5.81. The maximum Gasteiger partial charge on any atom is 0 e. The van der Waals surface area contributed by atoms with Crippen LogP contribution in [0.5, 0.6) is 0 Å². The molecule has 0 saturated heterocycles. The van der Waals surface area contributed by atoms with E-state index in [4.69, 9.17) is 0 Å². The summed E-state index contributed by atoms with van der Waals surface area (Å²) < 4.78 is 0. The Balaban J connectivity index is 0. The first-order chi connectivity index (χ1) is 6.28. The summed E-state index contributed by atoms with van der Waals surface area (Å²) in [5.41, 5.74) is 0. The molecule has 0 aliphatic heterocycles. The summed E-state index contributed by atoms with van der Waals surface area (Å²) in [4.78, 5) is 0. The van der Waals surface area contributed by atoms with Crippen LogP contribution >= 0.6 is 0 Å². The van der Waals surface area contributed by atoms with Gasteiger partial charge in [-0.15, -0.1) is 0 Å². The fraction of sp³-hybridized carbons (Fsp3) is 0.846. The van der Waals surface area contributed by atoms with E-state index in [1.165, 1.54) is 38.5 Å². The largest absolute Gasteiger partial charge is 0.343 e. The Labute approximate surface area is 107 Å². The molecule has 0 bridgehead atoms. The zero-order chi connectivity index (χ0) is 10.1. The molecule has 1 radical (unpaired) electrons. The average Bonchev–Trinajstić information content (AvgIpc) is 2.54. The van der Waals surface area contributed by atoms with Crippen molar-refractivity contribution in [3.63, 3.8) is 0 Å². The first kappa shape index (κ1) is 17.1. The molecule has 2 unspecified atom stereocenters. The van der Waals surface area contributed by atoms with Crippen molar-refractivity contribution in [2.45, 2.75) is 59.3 Å². The minimum atomic E-state index is 0. The van der Waals surface area contributed by atoms with E-state index in [9.17, 15) is 0 Å². The smallest absolute Gasteiger partial charge is 0 e. The predicted molar refractivity (Wildman–Crippen MR) is 61.4 cm³/mol. The molecule has 0 spiro atoms. The molecule has 1 aliphatic rings. The van der Waals surface area contributed by atoms with Crippen LogP contribution in [0.2, 0.25) is 0 Å². The SMILES string of the molecule is C[CH-]C.[Au].[CH2-]CC1CCC(CCC)C1. The van der Waals surface area contributed by atoms with Crippen LogP contribution < -0.4 is 0 Å². The Morgan fingerprint density at radius 2 is 1.71 bits per heavy atom.